The minimum absolute atomic E-state index is 0.156. The summed E-state index contributed by atoms with van der Waals surface area (Å²) < 4.78 is 41.7. The molecule has 6 heteroatoms. The van der Waals surface area contributed by atoms with Crippen molar-refractivity contribution < 1.29 is 13.2 Å². The second-order valence-electron chi connectivity index (χ2n) is 5.73. The highest BCUT2D eigenvalue weighted by Crippen LogP contribution is 2.43. The van der Waals surface area contributed by atoms with Crippen LogP contribution in [0.1, 0.15) is 55.5 Å². The molecule has 1 fully saturated rings. The number of aromatic nitrogens is 3. The third kappa shape index (κ3) is 2.63. The molecule has 0 bridgehead atoms. The molecule has 1 aliphatic rings. The van der Waals surface area contributed by atoms with Crippen molar-refractivity contribution in [1.82, 2.24) is 14.8 Å². The highest BCUT2D eigenvalue weighted by molar-refractivity contribution is 5.83. The van der Waals surface area contributed by atoms with Crippen LogP contribution in [0, 0.1) is 6.92 Å². The maximum atomic E-state index is 13.4. The lowest BCUT2D eigenvalue weighted by Gasteiger charge is -2.11. The van der Waals surface area contributed by atoms with E-state index in [4.69, 9.17) is 0 Å². The number of rotatable bonds is 4. The second kappa shape index (κ2) is 5.00. The van der Waals surface area contributed by atoms with E-state index in [-0.39, 0.29) is 11.3 Å². The van der Waals surface area contributed by atoms with Gasteiger partial charge in [0.05, 0.1) is 16.6 Å². The Bertz CT molecular complexity index is 669. The Morgan fingerprint density at radius 2 is 2.05 bits per heavy atom. The van der Waals surface area contributed by atoms with Crippen molar-refractivity contribution >= 4 is 11.0 Å². The van der Waals surface area contributed by atoms with Gasteiger partial charge in [0.15, 0.2) is 5.65 Å². The molecular formula is C15H18F3N3. The van der Waals surface area contributed by atoms with E-state index in [0.29, 0.717) is 23.6 Å². The van der Waals surface area contributed by atoms with Crippen LogP contribution in [0.4, 0.5) is 13.2 Å². The Morgan fingerprint density at radius 1 is 1.33 bits per heavy atom. The Labute approximate surface area is 121 Å². The third-order valence-electron chi connectivity index (χ3n) is 3.92. The summed E-state index contributed by atoms with van der Waals surface area (Å²) in [6.07, 6.45) is -0.661. The summed E-state index contributed by atoms with van der Waals surface area (Å²) in [6, 6.07) is 1.22. The molecule has 3 nitrogen and oxygen atoms in total. The summed E-state index contributed by atoms with van der Waals surface area (Å²) >= 11 is 0. The fraction of sp³-hybridized carbons (Fsp3) is 0.600. The van der Waals surface area contributed by atoms with Crippen LogP contribution in [-0.2, 0) is 12.7 Å². The number of unbranched alkanes of at least 4 members (excludes halogenated alkanes) is 1. The monoisotopic (exact) mass is 297 g/mol. The summed E-state index contributed by atoms with van der Waals surface area (Å²) in [5.41, 5.74) is 0.767. The molecule has 21 heavy (non-hydrogen) atoms. The van der Waals surface area contributed by atoms with Crippen molar-refractivity contribution in [2.75, 3.05) is 0 Å². The largest absolute Gasteiger partial charge is 0.417 e. The fourth-order valence-corrected chi connectivity index (χ4v) is 2.65. The molecule has 2 heterocycles. The van der Waals surface area contributed by atoms with Gasteiger partial charge in [0.2, 0.25) is 0 Å². The molecule has 0 atom stereocenters. The van der Waals surface area contributed by atoms with E-state index in [9.17, 15) is 13.2 Å². The van der Waals surface area contributed by atoms with E-state index >= 15 is 0 Å². The van der Waals surface area contributed by atoms with Gasteiger partial charge in [-0.15, -0.1) is 0 Å². The number of aryl methyl sites for hydroxylation is 2. The molecule has 0 aromatic carbocycles. The number of nitrogens with zero attached hydrogens (tertiary/aromatic N) is 3. The van der Waals surface area contributed by atoms with Gasteiger partial charge in [0.1, 0.15) is 0 Å². The molecule has 0 spiro atoms. The smallest absolute Gasteiger partial charge is 0.247 e. The molecule has 1 aliphatic carbocycles. The van der Waals surface area contributed by atoms with Gasteiger partial charge in [-0.3, -0.25) is 0 Å². The molecule has 0 unspecified atom stereocenters. The Kier molecular flexibility index (Phi) is 3.42. The minimum atomic E-state index is -4.37. The van der Waals surface area contributed by atoms with E-state index in [1.165, 1.54) is 6.07 Å². The maximum absolute atomic E-state index is 13.4. The van der Waals surface area contributed by atoms with Gasteiger partial charge in [0.25, 0.3) is 0 Å². The van der Waals surface area contributed by atoms with Crippen molar-refractivity contribution in [3.8, 4) is 0 Å². The SMILES string of the molecule is CCCCn1nc(C)c2c(C(F)(F)F)cc(C3CC3)nc21. The first-order chi connectivity index (χ1) is 9.91. The Hall–Kier alpha value is -1.59. The lowest BCUT2D eigenvalue weighted by Crippen LogP contribution is -2.09. The van der Waals surface area contributed by atoms with Gasteiger partial charge in [-0.2, -0.15) is 18.3 Å². The first kappa shape index (κ1) is 14.4. The van der Waals surface area contributed by atoms with Crippen LogP contribution in [0.3, 0.4) is 0 Å². The first-order valence-corrected chi connectivity index (χ1v) is 7.37. The number of halogens is 3. The molecule has 1 saturated carbocycles. The Morgan fingerprint density at radius 3 is 2.62 bits per heavy atom. The summed E-state index contributed by atoms with van der Waals surface area (Å²) in [7, 11) is 0. The van der Waals surface area contributed by atoms with Gasteiger partial charge in [-0.05, 0) is 32.3 Å². The van der Waals surface area contributed by atoms with E-state index < -0.39 is 11.7 Å². The summed E-state index contributed by atoms with van der Waals surface area (Å²) in [6.45, 7) is 4.28. The quantitative estimate of drug-likeness (QED) is 0.835. The van der Waals surface area contributed by atoms with Gasteiger partial charge >= 0.3 is 6.18 Å². The lowest BCUT2D eigenvalue weighted by molar-refractivity contribution is -0.136. The van der Waals surface area contributed by atoms with Gasteiger partial charge in [-0.1, -0.05) is 13.3 Å². The predicted molar refractivity (Wildman–Crippen MR) is 74.2 cm³/mol. The number of alkyl halides is 3. The van der Waals surface area contributed by atoms with Crippen LogP contribution in [0.2, 0.25) is 0 Å². The van der Waals surface area contributed by atoms with Crippen molar-refractivity contribution in [2.24, 2.45) is 0 Å². The fourth-order valence-electron chi connectivity index (χ4n) is 2.65. The van der Waals surface area contributed by atoms with Crippen LogP contribution < -0.4 is 0 Å². The highest BCUT2D eigenvalue weighted by Gasteiger charge is 2.37. The second-order valence-corrected chi connectivity index (χ2v) is 5.73. The molecule has 2 aromatic rings. The van der Waals surface area contributed by atoms with E-state index in [0.717, 1.165) is 25.7 Å². The lowest BCUT2D eigenvalue weighted by atomic mass is 10.1. The van der Waals surface area contributed by atoms with Gasteiger partial charge in [-0.25, -0.2) is 9.67 Å². The summed E-state index contributed by atoms with van der Waals surface area (Å²) in [5.74, 6) is 0.185. The van der Waals surface area contributed by atoms with Gasteiger partial charge < -0.3 is 0 Å². The molecular weight excluding hydrogens is 279 g/mol. The molecule has 3 rings (SSSR count). The van der Waals surface area contributed by atoms with Crippen molar-refractivity contribution in [3.63, 3.8) is 0 Å². The predicted octanol–water partition coefficient (Wildman–Crippen LogP) is 4.44. The third-order valence-corrected chi connectivity index (χ3v) is 3.92. The van der Waals surface area contributed by atoms with Crippen LogP contribution in [0.25, 0.3) is 11.0 Å². The maximum Gasteiger partial charge on any atom is 0.417 e. The molecule has 0 aliphatic heterocycles. The summed E-state index contributed by atoms with van der Waals surface area (Å²) in [5, 5.41) is 4.43. The van der Waals surface area contributed by atoms with Crippen LogP contribution in [-0.4, -0.2) is 14.8 Å². The highest BCUT2D eigenvalue weighted by atomic mass is 19.4. The zero-order chi connectivity index (χ0) is 15.2. The first-order valence-electron chi connectivity index (χ1n) is 7.37. The molecule has 114 valence electrons. The Balaban J connectivity index is 2.21. The van der Waals surface area contributed by atoms with E-state index in [1.54, 1.807) is 11.6 Å². The minimum Gasteiger partial charge on any atom is -0.247 e. The van der Waals surface area contributed by atoms with E-state index in [1.807, 2.05) is 6.92 Å². The van der Waals surface area contributed by atoms with Crippen LogP contribution in [0.15, 0.2) is 6.07 Å². The normalized spacial score (nSPS) is 15.9. The van der Waals surface area contributed by atoms with Gasteiger partial charge in [0, 0.05) is 18.2 Å². The standard InChI is InChI=1S/C15H18F3N3/c1-3-4-7-21-14-13(9(2)20-21)11(15(16,17)18)8-12(19-14)10-5-6-10/h8,10H,3-7H2,1-2H3. The molecule has 0 radical (unpaired) electrons. The van der Waals surface area contributed by atoms with Crippen LogP contribution in [0.5, 0.6) is 0 Å². The average molecular weight is 297 g/mol. The number of pyridine rings is 1. The molecule has 0 N–H and O–H groups in total. The van der Waals surface area contributed by atoms with Crippen LogP contribution >= 0.6 is 0 Å². The van der Waals surface area contributed by atoms with Crippen molar-refractivity contribution in [2.45, 2.75) is 58.2 Å². The van der Waals surface area contributed by atoms with Crippen molar-refractivity contribution in [1.29, 1.82) is 0 Å². The van der Waals surface area contributed by atoms with E-state index in [2.05, 4.69) is 10.1 Å². The zero-order valence-corrected chi connectivity index (χ0v) is 12.2. The zero-order valence-electron chi connectivity index (χ0n) is 12.2. The number of hydrogen-bond donors (Lipinski definition) is 0. The summed E-state index contributed by atoms with van der Waals surface area (Å²) in [4.78, 5) is 4.49. The molecule has 2 aromatic heterocycles. The van der Waals surface area contributed by atoms with Crippen molar-refractivity contribution in [3.05, 3.63) is 23.0 Å². The number of fused-ring (bicyclic) bond motifs is 1. The molecule has 0 amide bonds. The molecule has 0 saturated heterocycles. The topological polar surface area (TPSA) is 30.7 Å². The number of hydrogen-bond acceptors (Lipinski definition) is 2. The average Bonchev–Trinajstić information content (AvgIpc) is 3.21.